The molecule has 0 amide bonds. The summed E-state index contributed by atoms with van der Waals surface area (Å²) in [4.78, 5) is 0. The van der Waals surface area contributed by atoms with Crippen molar-refractivity contribution in [3.05, 3.63) is 17.7 Å². The molecule has 0 unspecified atom stereocenters. The molecule has 1 aromatic rings. The number of halogens is 3. The van der Waals surface area contributed by atoms with Crippen LogP contribution in [0.5, 0.6) is 0 Å². The number of hydrogen-bond acceptors (Lipinski definition) is 1. The van der Waals surface area contributed by atoms with Crippen molar-refractivity contribution in [2.45, 2.75) is 6.43 Å². The van der Waals surface area contributed by atoms with Gasteiger partial charge in [-0.05, 0) is 0 Å². The van der Waals surface area contributed by atoms with Gasteiger partial charge in [0, 0.05) is 7.05 Å². The van der Waals surface area contributed by atoms with Gasteiger partial charge in [0.25, 0.3) is 6.43 Å². The standard InChI is InChI=1S/C5H4F3N2/c1-10-4(5(7)8)3(6)2-9-10/h5H,1H3. The van der Waals surface area contributed by atoms with E-state index in [1.165, 1.54) is 7.05 Å². The largest absolute Gasteiger partial charge is 0.282 e. The van der Waals surface area contributed by atoms with Gasteiger partial charge in [-0.15, -0.1) is 0 Å². The molecule has 0 atom stereocenters. The Kier molecular flexibility index (Phi) is 1.65. The zero-order chi connectivity index (χ0) is 7.72. The van der Waals surface area contributed by atoms with Crippen LogP contribution in [0.3, 0.4) is 0 Å². The molecule has 0 aliphatic rings. The first kappa shape index (κ1) is 7.11. The summed E-state index contributed by atoms with van der Waals surface area (Å²) in [5, 5.41) is 3.17. The number of nitrogens with zero attached hydrogens (tertiary/aromatic N) is 2. The summed E-state index contributed by atoms with van der Waals surface area (Å²) >= 11 is 0. The molecule has 0 spiro atoms. The van der Waals surface area contributed by atoms with Crippen LogP contribution in [0, 0.1) is 12.0 Å². The summed E-state index contributed by atoms with van der Waals surface area (Å²) in [6.07, 6.45) is -1.05. The molecule has 0 saturated carbocycles. The summed E-state index contributed by atoms with van der Waals surface area (Å²) < 4.78 is 36.6. The van der Waals surface area contributed by atoms with Crippen molar-refractivity contribution >= 4 is 0 Å². The molecule has 55 valence electrons. The van der Waals surface area contributed by atoms with Crippen LogP contribution < -0.4 is 0 Å². The lowest BCUT2D eigenvalue weighted by molar-refractivity contribution is 0.135. The molecule has 10 heavy (non-hydrogen) atoms. The minimum absolute atomic E-state index is 0.722. The minimum atomic E-state index is -2.83. The van der Waals surface area contributed by atoms with Crippen molar-refractivity contribution in [3.63, 3.8) is 0 Å². The van der Waals surface area contributed by atoms with Gasteiger partial charge in [0.05, 0.1) is 0 Å². The number of hydrogen-bond donors (Lipinski definition) is 0. The lowest BCUT2D eigenvalue weighted by Gasteiger charge is -1.97. The molecule has 0 fully saturated rings. The fraction of sp³-hybridized carbons (Fsp3) is 0.400. The summed E-state index contributed by atoms with van der Waals surface area (Å²) in [6.45, 7) is 0. The van der Waals surface area contributed by atoms with Crippen molar-refractivity contribution in [2.75, 3.05) is 0 Å². The molecule has 0 aliphatic heterocycles. The average molecular weight is 149 g/mol. The van der Waals surface area contributed by atoms with Gasteiger partial charge < -0.3 is 0 Å². The van der Waals surface area contributed by atoms with Crippen LogP contribution in [0.4, 0.5) is 13.2 Å². The fourth-order valence-electron chi connectivity index (χ4n) is 0.609. The molecular weight excluding hydrogens is 145 g/mol. The van der Waals surface area contributed by atoms with Crippen LogP contribution in [0.1, 0.15) is 12.1 Å². The second kappa shape index (κ2) is 2.32. The normalized spacial score (nSPS) is 10.9. The molecule has 5 heteroatoms. The Morgan fingerprint density at radius 1 is 1.60 bits per heavy atom. The van der Waals surface area contributed by atoms with Crippen molar-refractivity contribution < 1.29 is 13.2 Å². The van der Waals surface area contributed by atoms with Gasteiger partial charge in [-0.2, -0.15) is 5.10 Å². The van der Waals surface area contributed by atoms with Crippen molar-refractivity contribution in [3.8, 4) is 0 Å². The van der Waals surface area contributed by atoms with Crippen molar-refractivity contribution in [1.82, 2.24) is 9.78 Å². The number of alkyl halides is 2. The van der Waals surface area contributed by atoms with Crippen molar-refractivity contribution in [2.24, 2.45) is 7.05 Å². The number of rotatable bonds is 1. The van der Waals surface area contributed by atoms with Gasteiger partial charge in [0.2, 0.25) is 0 Å². The zero-order valence-electron chi connectivity index (χ0n) is 5.11. The summed E-state index contributed by atoms with van der Waals surface area (Å²) in [5.41, 5.74) is -0.722. The van der Waals surface area contributed by atoms with Crippen LogP contribution >= 0.6 is 0 Å². The third-order valence-corrected chi connectivity index (χ3v) is 1.08. The van der Waals surface area contributed by atoms with E-state index in [-0.39, 0.29) is 0 Å². The maximum atomic E-state index is 12.2. The molecule has 0 N–H and O–H groups in total. The molecule has 0 aromatic carbocycles. The van der Waals surface area contributed by atoms with Crippen LogP contribution in [-0.2, 0) is 7.05 Å². The van der Waals surface area contributed by atoms with E-state index < -0.39 is 17.9 Å². The second-order valence-corrected chi connectivity index (χ2v) is 1.74. The molecule has 0 saturated heterocycles. The average Bonchev–Trinajstić information content (AvgIpc) is 2.11. The van der Waals surface area contributed by atoms with Crippen LogP contribution in [-0.4, -0.2) is 9.78 Å². The topological polar surface area (TPSA) is 17.8 Å². The quantitative estimate of drug-likeness (QED) is 0.588. The third kappa shape index (κ3) is 0.984. The SMILES string of the molecule is Cn1n[c]c(F)c1C(F)F. The van der Waals surface area contributed by atoms with Crippen molar-refractivity contribution in [1.29, 1.82) is 0 Å². The van der Waals surface area contributed by atoms with Gasteiger partial charge in [-0.3, -0.25) is 4.68 Å². The lowest BCUT2D eigenvalue weighted by Crippen LogP contribution is -1.99. The highest BCUT2D eigenvalue weighted by Crippen LogP contribution is 2.19. The Bertz CT molecular complexity index is 211. The molecule has 1 heterocycles. The van der Waals surface area contributed by atoms with Crippen LogP contribution in [0.15, 0.2) is 0 Å². The molecule has 1 radical (unpaired) electrons. The van der Waals surface area contributed by atoms with Gasteiger partial charge in [-0.25, -0.2) is 13.2 Å². The van der Waals surface area contributed by atoms with Gasteiger partial charge in [0.1, 0.15) is 5.69 Å². The first-order valence-corrected chi connectivity index (χ1v) is 2.51. The summed E-state index contributed by atoms with van der Waals surface area (Å²) in [6, 6.07) is 0. The highest BCUT2D eigenvalue weighted by atomic mass is 19.3. The Labute approximate surface area is 55.3 Å². The van der Waals surface area contributed by atoms with E-state index in [0.29, 0.717) is 0 Å². The maximum Gasteiger partial charge on any atom is 0.282 e. The highest BCUT2D eigenvalue weighted by Gasteiger charge is 2.18. The molecule has 0 aliphatic carbocycles. The fourth-order valence-corrected chi connectivity index (χ4v) is 0.609. The number of aromatic nitrogens is 2. The molecular formula is C5H4F3N2. The van der Waals surface area contributed by atoms with Crippen LogP contribution in [0.2, 0.25) is 0 Å². The monoisotopic (exact) mass is 149 g/mol. The van der Waals surface area contributed by atoms with Crippen LogP contribution in [0.25, 0.3) is 0 Å². The predicted molar refractivity (Wildman–Crippen MR) is 27.0 cm³/mol. The van der Waals surface area contributed by atoms with E-state index in [0.717, 1.165) is 4.68 Å². The van der Waals surface area contributed by atoms with E-state index in [1.54, 1.807) is 6.20 Å². The smallest absolute Gasteiger partial charge is 0.263 e. The minimum Gasteiger partial charge on any atom is -0.263 e. The first-order chi connectivity index (χ1) is 4.63. The van der Waals surface area contributed by atoms with E-state index in [1.807, 2.05) is 0 Å². The Hall–Kier alpha value is -1.00. The van der Waals surface area contributed by atoms with E-state index >= 15 is 0 Å². The van der Waals surface area contributed by atoms with E-state index in [9.17, 15) is 13.2 Å². The molecule has 2 nitrogen and oxygen atoms in total. The molecule has 1 aromatic heterocycles. The van der Waals surface area contributed by atoms with Gasteiger partial charge >= 0.3 is 0 Å². The molecule has 0 bridgehead atoms. The van der Waals surface area contributed by atoms with Gasteiger partial charge in [0.15, 0.2) is 12.0 Å². The third-order valence-electron chi connectivity index (χ3n) is 1.08. The Morgan fingerprint density at radius 3 is 2.40 bits per heavy atom. The second-order valence-electron chi connectivity index (χ2n) is 1.74. The predicted octanol–water partition coefficient (Wildman–Crippen LogP) is 1.30. The summed E-state index contributed by atoms with van der Waals surface area (Å²) in [7, 11) is 1.24. The maximum absolute atomic E-state index is 12.2. The van der Waals surface area contributed by atoms with E-state index in [2.05, 4.69) is 5.10 Å². The zero-order valence-corrected chi connectivity index (χ0v) is 5.11. The Morgan fingerprint density at radius 2 is 2.20 bits per heavy atom. The lowest BCUT2D eigenvalue weighted by atomic mass is 10.4. The summed E-state index contributed by atoms with van der Waals surface area (Å²) in [5.74, 6) is -1.09. The Balaban J connectivity index is 3.10. The van der Waals surface area contributed by atoms with Gasteiger partial charge in [-0.1, -0.05) is 0 Å². The number of aryl methyl sites for hydroxylation is 1. The highest BCUT2D eigenvalue weighted by molar-refractivity contribution is 5.03. The molecule has 1 rings (SSSR count). The van der Waals surface area contributed by atoms with E-state index in [4.69, 9.17) is 0 Å². The first-order valence-electron chi connectivity index (χ1n) is 2.51.